The van der Waals surface area contributed by atoms with Crippen LogP contribution in [0.3, 0.4) is 0 Å². The number of halogens is 1. The van der Waals surface area contributed by atoms with Crippen molar-refractivity contribution in [2.45, 2.75) is 47.1 Å². The summed E-state index contributed by atoms with van der Waals surface area (Å²) in [5.41, 5.74) is 3.81. The van der Waals surface area contributed by atoms with E-state index >= 15 is 0 Å². The molecule has 0 fully saturated rings. The first-order valence-electron chi connectivity index (χ1n) is 8.37. The average molecular weight is 314 g/mol. The van der Waals surface area contributed by atoms with E-state index in [2.05, 4.69) is 39.8 Å². The van der Waals surface area contributed by atoms with Crippen LogP contribution in [0.2, 0.25) is 0 Å². The molecule has 0 bridgehead atoms. The van der Waals surface area contributed by atoms with Crippen molar-refractivity contribution in [3.8, 4) is 11.1 Å². The van der Waals surface area contributed by atoms with E-state index in [0.717, 1.165) is 17.5 Å². The lowest BCUT2D eigenvalue weighted by molar-refractivity contribution is -0.0129. The summed E-state index contributed by atoms with van der Waals surface area (Å²) in [5, 5.41) is 0. The molecule has 2 heteroatoms. The molecule has 2 aromatic carbocycles. The molecule has 1 atom stereocenters. The van der Waals surface area contributed by atoms with Gasteiger partial charge in [0.15, 0.2) is 0 Å². The molecule has 0 aliphatic carbocycles. The van der Waals surface area contributed by atoms with Crippen molar-refractivity contribution < 1.29 is 9.13 Å². The summed E-state index contributed by atoms with van der Waals surface area (Å²) < 4.78 is 20.4. The monoisotopic (exact) mass is 314 g/mol. The van der Waals surface area contributed by atoms with Gasteiger partial charge in [-0.25, -0.2) is 4.39 Å². The first-order chi connectivity index (χ1) is 10.9. The molecule has 0 aliphatic rings. The van der Waals surface area contributed by atoms with Crippen molar-refractivity contribution >= 4 is 0 Å². The molecule has 0 N–H and O–H groups in total. The van der Waals surface area contributed by atoms with Crippen LogP contribution in [0.25, 0.3) is 11.1 Å². The Labute approximate surface area is 139 Å². The molecule has 124 valence electrons. The zero-order valence-electron chi connectivity index (χ0n) is 14.8. The van der Waals surface area contributed by atoms with Crippen molar-refractivity contribution in [1.29, 1.82) is 0 Å². The molecule has 0 aromatic heterocycles. The molecular formula is C21H27FO. The summed E-state index contributed by atoms with van der Waals surface area (Å²) in [4.78, 5) is 0. The van der Waals surface area contributed by atoms with Gasteiger partial charge in [0, 0.05) is 12.2 Å². The number of aryl methyl sites for hydroxylation is 1. The lowest BCUT2D eigenvalue weighted by Crippen LogP contribution is -2.22. The maximum absolute atomic E-state index is 14.3. The van der Waals surface area contributed by atoms with Gasteiger partial charge in [-0.15, -0.1) is 0 Å². The summed E-state index contributed by atoms with van der Waals surface area (Å²) in [5.74, 6) is -0.192. The maximum atomic E-state index is 14.3. The zero-order chi connectivity index (χ0) is 17.0. The molecule has 1 nitrogen and oxygen atoms in total. The van der Waals surface area contributed by atoms with Gasteiger partial charge in [-0.1, -0.05) is 64.1 Å². The summed E-state index contributed by atoms with van der Waals surface area (Å²) in [6.07, 6.45) is 0.877. The Bertz CT molecular complexity index is 655. The number of hydrogen-bond acceptors (Lipinski definition) is 1. The van der Waals surface area contributed by atoms with E-state index in [1.54, 1.807) is 6.07 Å². The quantitative estimate of drug-likeness (QED) is 0.640. The lowest BCUT2D eigenvalue weighted by Gasteiger charge is -2.32. The SMILES string of the molecule is CCO[C@H](c1cc(CC)ccc1-c1ccccc1F)C(C)(C)C. The van der Waals surface area contributed by atoms with E-state index in [4.69, 9.17) is 4.74 Å². The van der Waals surface area contributed by atoms with Gasteiger partial charge in [-0.2, -0.15) is 0 Å². The van der Waals surface area contributed by atoms with Crippen LogP contribution in [0.1, 0.15) is 51.8 Å². The van der Waals surface area contributed by atoms with Gasteiger partial charge in [0.05, 0.1) is 6.10 Å². The number of ether oxygens (including phenoxy) is 1. The van der Waals surface area contributed by atoms with E-state index in [1.807, 2.05) is 25.1 Å². The van der Waals surface area contributed by atoms with Crippen LogP contribution < -0.4 is 0 Å². The second-order valence-electron chi connectivity index (χ2n) is 6.96. The Hall–Kier alpha value is -1.67. The van der Waals surface area contributed by atoms with Crippen LogP contribution in [-0.2, 0) is 11.2 Å². The molecule has 0 heterocycles. The van der Waals surface area contributed by atoms with Gasteiger partial charge in [0.1, 0.15) is 5.82 Å². The van der Waals surface area contributed by atoms with Crippen molar-refractivity contribution in [2.75, 3.05) is 6.61 Å². The average Bonchev–Trinajstić information content (AvgIpc) is 2.51. The van der Waals surface area contributed by atoms with E-state index < -0.39 is 0 Å². The molecule has 23 heavy (non-hydrogen) atoms. The maximum Gasteiger partial charge on any atom is 0.131 e. The number of benzene rings is 2. The van der Waals surface area contributed by atoms with Gasteiger partial charge in [0.25, 0.3) is 0 Å². The van der Waals surface area contributed by atoms with Crippen LogP contribution in [-0.4, -0.2) is 6.61 Å². The van der Waals surface area contributed by atoms with Crippen molar-refractivity contribution in [2.24, 2.45) is 5.41 Å². The molecule has 0 spiro atoms. The Morgan fingerprint density at radius 2 is 1.70 bits per heavy atom. The Morgan fingerprint density at radius 1 is 1.00 bits per heavy atom. The predicted molar refractivity (Wildman–Crippen MR) is 95.0 cm³/mol. The van der Waals surface area contributed by atoms with Gasteiger partial charge >= 0.3 is 0 Å². The summed E-state index contributed by atoms with van der Waals surface area (Å²) in [6.45, 7) is 11.3. The molecule has 0 saturated heterocycles. The number of rotatable bonds is 5. The van der Waals surface area contributed by atoms with Crippen LogP contribution in [0.4, 0.5) is 4.39 Å². The minimum Gasteiger partial charge on any atom is -0.373 e. The fourth-order valence-corrected chi connectivity index (χ4v) is 2.95. The number of hydrogen-bond donors (Lipinski definition) is 0. The highest BCUT2D eigenvalue weighted by atomic mass is 19.1. The fraction of sp³-hybridized carbons (Fsp3) is 0.429. The van der Waals surface area contributed by atoms with Crippen LogP contribution in [0, 0.1) is 11.2 Å². The third-order valence-corrected chi connectivity index (χ3v) is 4.09. The van der Waals surface area contributed by atoms with Crippen molar-refractivity contribution in [3.05, 3.63) is 59.4 Å². The minimum absolute atomic E-state index is 0.0671. The van der Waals surface area contributed by atoms with E-state index in [1.165, 1.54) is 11.6 Å². The van der Waals surface area contributed by atoms with Crippen molar-refractivity contribution in [3.63, 3.8) is 0 Å². The summed E-state index contributed by atoms with van der Waals surface area (Å²) in [7, 11) is 0. The predicted octanol–water partition coefficient (Wildman–Crippen LogP) is 6.18. The Balaban J connectivity index is 2.66. The largest absolute Gasteiger partial charge is 0.373 e. The highest BCUT2D eigenvalue weighted by Crippen LogP contribution is 2.41. The highest BCUT2D eigenvalue weighted by Gasteiger charge is 2.29. The topological polar surface area (TPSA) is 9.23 Å². The molecule has 0 unspecified atom stereocenters. The summed E-state index contributed by atoms with van der Waals surface area (Å²) in [6, 6.07) is 13.2. The van der Waals surface area contributed by atoms with Gasteiger partial charge < -0.3 is 4.74 Å². The second-order valence-corrected chi connectivity index (χ2v) is 6.96. The first kappa shape index (κ1) is 17.7. The van der Waals surface area contributed by atoms with E-state index in [9.17, 15) is 4.39 Å². The van der Waals surface area contributed by atoms with Gasteiger partial charge in [-0.05, 0) is 41.5 Å². The van der Waals surface area contributed by atoms with Crippen LogP contribution in [0.15, 0.2) is 42.5 Å². The minimum atomic E-state index is -0.192. The van der Waals surface area contributed by atoms with E-state index in [-0.39, 0.29) is 17.3 Å². The third-order valence-electron chi connectivity index (χ3n) is 4.09. The van der Waals surface area contributed by atoms with Crippen molar-refractivity contribution in [1.82, 2.24) is 0 Å². The third kappa shape index (κ3) is 4.00. The molecule has 2 aromatic rings. The van der Waals surface area contributed by atoms with Crippen LogP contribution >= 0.6 is 0 Å². The molecular weight excluding hydrogens is 287 g/mol. The molecule has 0 amide bonds. The molecule has 2 rings (SSSR count). The smallest absolute Gasteiger partial charge is 0.131 e. The molecule has 0 saturated carbocycles. The second kappa shape index (κ2) is 7.27. The Kier molecular flexibility index (Phi) is 5.59. The normalized spacial score (nSPS) is 13.1. The fourth-order valence-electron chi connectivity index (χ4n) is 2.95. The molecule has 0 aliphatic heterocycles. The standard InChI is InChI=1S/C21H27FO/c1-6-15-12-13-16(17-10-8-9-11-19(17)22)18(14-15)20(23-7-2)21(3,4)5/h8-14,20H,6-7H2,1-5H3/t20-/m1/s1. The lowest BCUT2D eigenvalue weighted by atomic mass is 9.80. The first-order valence-corrected chi connectivity index (χ1v) is 8.37. The molecule has 0 radical (unpaired) electrons. The highest BCUT2D eigenvalue weighted by molar-refractivity contribution is 5.69. The van der Waals surface area contributed by atoms with Gasteiger partial charge in [0.2, 0.25) is 0 Å². The zero-order valence-corrected chi connectivity index (χ0v) is 14.8. The summed E-state index contributed by atoms with van der Waals surface area (Å²) >= 11 is 0. The Morgan fingerprint density at radius 3 is 2.26 bits per heavy atom. The van der Waals surface area contributed by atoms with Gasteiger partial charge in [-0.3, -0.25) is 0 Å². The van der Waals surface area contributed by atoms with Crippen LogP contribution in [0.5, 0.6) is 0 Å². The van der Waals surface area contributed by atoms with E-state index in [0.29, 0.717) is 12.2 Å².